The van der Waals surface area contributed by atoms with Crippen LogP contribution in [0.3, 0.4) is 0 Å². The maximum Gasteiger partial charge on any atom is 0.340 e. The van der Waals surface area contributed by atoms with Crippen molar-refractivity contribution in [1.29, 1.82) is 0 Å². The molecule has 0 atom stereocenters. The Hall–Kier alpha value is -1.14. The Balaban J connectivity index is 1.90. The predicted molar refractivity (Wildman–Crippen MR) is 75.4 cm³/mol. The van der Waals surface area contributed by atoms with E-state index in [2.05, 4.69) is 9.97 Å². The van der Waals surface area contributed by atoms with Crippen molar-refractivity contribution in [3.8, 4) is 0 Å². The molecule has 1 saturated heterocycles. The number of carboxylic acid groups (broad SMARTS) is 1. The van der Waals surface area contributed by atoms with Crippen molar-refractivity contribution < 1.29 is 14.6 Å². The molecule has 1 aromatic heterocycles. The number of aromatic carboxylic acids is 1. The van der Waals surface area contributed by atoms with Crippen LogP contribution in [0.15, 0.2) is 5.03 Å². The first kappa shape index (κ1) is 13.8. The Bertz CT molecular complexity index is 525. The van der Waals surface area contributed by atoms with Crippen molar-refractivity contribution in [2.24, 2.45) is 0 Å². The number of aryl methyl sites for hydroxylation is 1. The van der Waals surface area contributed by atoms with E-state index in [9.17, 15) is 9.90 Å². The highest BCUT2D eigenvalue weighted by atomic mass is 32.2. The lowest BCUT2D eigenvalue weighted by Gasteiger charge is -2.22. The number of nitrogens with zero attached hydrogens (tertiary/aromatic N) is 2. The van der Waals surface area contributed by atoms with Gasteiger partial charge in [0.1, 0.15) is 16.4 Å². The third-order valence-electron chi connectivity index (χ3n) is 3.68. The second-order valence-electron chi connectivity index (χ2n) is 5.36. The van der Waals surface area contributed by atoms with E-state index in [1.165, 1.54) is 0 Å². The molecule has 2 fully saturated rings. The number of carbonyl (C=O) groups is 1. The van der Waals surface area contributed by atoms with Gasteiger partial charge in [0, 0.05) is 24.4 Å². The number of carboxylic acids is 1. The minimum Gasteiger partial charge on any atom is -0.478 e. The van der Waals surface area contributed by atoms with E-state index in [1.807, 2.05) is 0 Å². The lowest BCUT2D eigenvalue weighted by molar-refractivity contribution is 0.0690. The Labute approximate surface area is 122 Å². The van der Waals surface area contributed by atoms with Crippen LogP contribution in [0.4, 0.5) is 0 Å². The van der Waals surface area contributed by atoms with E-state index in [4.69, 9.17) is 4.74 Å². The molecule has 0 unspecified atom stereocenters. The molecule has 3 rings (SSSR count). The fourth-order valence-electron chi connectivity index (χ4n) is 2.37. The normalized spacial score (nSPS) is 20.1. The molecule has 1 aliphatic heterocycles. The van der Waals surface area contributed by atoms with E-state index in [0.29, 0.717) is 21.9 Å². The molecule has 1 aromatic rings. The number of aromatic nitrogens is 2. The van der Waals surface area contributed by atoms with Gasteiger partial charge < -0.3 is 9.84 Å². The van der Waals surface area contributed by atoms with Crippen LogP contribution < -0.4 is 0 Å². The summed E-state index contributed by atoms with van der Waals surface area (Å²) in [7, 11) is 0. The number of hydrogen-bond donors (Lipinski definition) is 1. The van der Waals surface area contributed by atoms with Gasteiger partial charge in [-0.15, -0.1) is 11.8 Å². The minimum atomic E-state index is -0.931. The summed E-state index contributed by atoms with van der Waals surface area (Å²) in [5.41, 5.74) is 0.856. The van der Waals surface area contributed by atoms with Crippen molar-refractivity contribution in [3.05, 3.63) is 17.1 Å². The van der Waals surface area contributed by atoms with Gasteiger partial charge in [0.25, 0.3) is 0 Å². The molecular formula is C14H18N2O3S. The van der Waals surface area contributed by atoms with Gasteiger partial charge in [-0.25, -0.2) is 14.8 Å². The maximum absolute atomic E-state index is 11.5. The zero-order valence-corrected chi connectivity index (χ0v) is 12.3. The van der Waals surface area contributed by atoms with Crippen molar-refractivity contribution in [2.75, 3.05) is 13.2 Å². The Morgan fingerprint density at radius 1 is 1.25 bits per heavy atom. The van der Waals surface area contributed by atoms with E-state index in [-0.39, 0.29) is 5.56 Å². The van der Waals surface area contributed by atoms with Crippen LogP contribution in [0, 0.1) is 6.92 Å². The molecule has 5 nitrogen and oxygen atoms in total. The summed E-state index contributed by atoms with van der Waals surface area (Å²) in [5, 5.41) is 10.4. The lowest BCUT2D eigenvalue weighted by atomic mass is 10.2. The van der Waals surface area contributed by atoms with Gasteiger partial charge in [0.05, 0.1) is 5.69 Å². The van der Waals surface area contributed by atoms with Crippen molar-refractivity contribution in [3.63, 3.8) is 0 Å². The monoisotopic (exact) mass is 294 g/mol. The molecule has 1 aliphatic carbocycles. The zero-order valence-electron chi connectivity index (χ0n) is 11.5. The fraction of sp³-hybridized carbons (Fsp3) is 0.643. The standard InChI is InChI=1S/C14H18N2O3S/c1-8-11(14(17)18)13(16-12(15-8)9-2-3-9)20-10-4-6-19-7-5-10/h9-10H,2-7H2,1H3,(H,17,18). The molecule has 108 valence electrons. The van der Waals surface area contributed by atoms with Crippen LogP contribution in [0.1, 0.15) is 53.5 Å². The molecule has 0 amide bonds. The van der Waals surface area contributed by atoms with E-state index in [1.54, 1.807) is 18.7 Å². The first-order valence-electron chi connectivity index (χ1n) is 7.01. The van der Waals surface area contributed by atoms with Crippen molar-refractivity contribution in [1.82, 2.24) is 9.97 Å². The van der Waals surface area contributed by atoms with Gasteiger partial charge in [-0.05, 0) is 32.6 Å². The Morgan fingerprint density at radius 2 is 1.95 bits per heavy atom. The van der Waals surface area contributed by atoms with Crippen LogP contribution in [0.2, 0.25) is 0 Å². The van der Waals surface area contributed by atoms with Crippen LogP contribution in [0.5, 0.6) is 0 Å². The smallest absolute Gasteiger partial charge is 0.340 e. The second kappa shape index (κ2) is 5.69. The quantitative estimate of drug-likeness (QED) is 0.861. The molecule has 2 aliphatic rings. The maximum atomic E-state index is 11.5. The summed E-state index contributed by atoms with van der Waals surface area (Å²) in [5.74, 6) is 0.326. The van der Waals surface area contributed by atoms with Gasteiger partial charge in [-0.2, -0.15) is 0 Å². The summed E-state index contributed by atoms with van der Waals surface area (Å²) < 4.78 is 5.35. The molecule has 20 heavy (non-hydrogen) atoms. The Morgan fingerprint density at radius 3 is 2.55 bits per heavy atom. The van der Waals surface area contributed by atoms with E-state index in [0.717, 1.165) is 44.7 Å². The molecule has 0 bridgehead atoms. The highest BCUT2D eigenvalue weighted by Crippen LogP contribution is 2.40. The average Bonchev–Trinajstić information content (AvgIpc) is 3.23. The summed E-state index contributed by atoms with van der Waals surface area (Å²) in [4.78, 5) is 20.4. The summed E-state index contributed by atoms with van der Waals surface area (Å²) in [6.07, 6.45) is 4.14. The van der Waals surface area contributed by atoms with Gasteiger partial charge >= 0.3 is 5.97 Å². The van der Waals surface area contributed by atoms with Crippen molar-refractivity contribution in [2.45, 2.75) is 48.8 Å². The highest BCUT2D eigenvalue weighted by molar-refractivity contribution is 7.99. The molecule has 0 aromatic carbocycles. The first-order chi connectivity index (χ1) is 9.65. The van der Waals surface area contributed by atoms with Crippen LogP contribution in [-0.2, 0) is 4.74 Å². The van der Waals surface area contributed by atoms with E-state index < -0.39 is 5.97 Å². The van der Waals surface area contributed by atoms with Gasteiger partial charge in [0.2, 0.25) is 0 Å². The lowest BCUT2D eigenvalue weighted by Crippen LogP contribution is -2.19. The largest absolute Gasteiger partial charge is 0.478 e. The molecule has 1 N–H and O–H groups in total. The van der Waals surface area contributed by atoms with Crippen molar-refractivity contribution >= 4 is 17.7 Å². The number of ether oxygens (including phenoxy) is 1. The summed E-state index contributed by atoms with van der Waals surface area (Å²) in [6, 6.07) is 0. The average molecular weight is 294 g/mol. The first-order valence-corrected chi connectivity index (χ1v) is 7.89. The Kier molecular flexibility index (Phi) is 3.94. The van der Waals surface area contributed by atoms with Gasteiger partial charge in [0.15, 0.2) is 0 Å². The van der Waals surface area contributed by atoms with E-state index >= 15 is 0 Å². The second-order valence-corrected chi connectivity index (χ2v) is 6.65. The predicted octanol–water partition coefficient (Wildman–Crippen LogP) is 2.63. The number of hydrogen-bond acceptors (Lipinski definition) is 5. The van der Waals surface area contributed by atoms with Gasteiger partial charge in [-0.1, -0.05) is 0 Å². The molecule has 0 spiro atoms. The zero-order chi connectivity index (χ0) is 14.1. The van der Waals surface area contributed by atoms with Crippen LogP contribution in [-0.4, -0.2) is 39.5 Å². The third-order valence-corrected chi connectivity index (χ3v) is 5.00. The number of thioether (sulfide) groups is 1. The summed E-state index contributed by atoms with van der Waals surface area (Å²) in [6.45, 7) is 3.27. The molecule has 2 heterocycles. The third kappa shape index (κ3) is 2.96. The molecular weight excluding hydrogens is 276 g/mol. The number of rotatable bonds is 4. The van der Waals surface area contributed by atoms with Crippen LogP contribution in [0.25, 0.3) is 0 Å². The van der Waals surface area contributed by atoms with Gasteiger partial charge in [-0.3, -0.25) is 0 Å². The molecule has 0 radical (unpaired) electrons. The van der Waals surface area contributed by atoms with Crippen LogP contribution >= 0.6 is 11.8 Å². The minimum absolute atomic E-state index is 0.269. The highest BCUT2D eigenvalue weighted by Gasteiger charge is 2.30. The topological polar surface area (TPSA) is 72.3 Å². The fourth-order valence-corrected chi connectivity index (χ4v) is 3.62. The molecule has 6 heteroatoms. The molecule has 1 saturated carbocycles. The summed E-state index contributed by atoms with van der Waals surface area (Å²) >= 11 is 1.58. The SMILES string of the molecule is Cc1nc(C2CC2)nc(SC2CCOCC2)c1C(=O)O.